The topological polar surface area (TPSA) is 171 Å². The molecule has 1 atom stereocenters. The molecule has 2 aromatic heterocycles. The summed E-state index contributed by atoms with van der Waals surface area (Å²) in [5.41, 5.74) is 7.14. The molecular formula is C24H25N6O5S+. The summed E-state index contributed by atoms with van der Waals surface area (Å²) in [5.74, 6) is 1.61. The smallest absolute Gasteiger partial charge is 0.289 e. The van der Waals surface area contributed by atoms with Gasteiger partial charge in [0, 0.05) is 11.6 Å². The number of nitrogens with two attached hydrogens (primary N) is 1. The lowest BCUT2D eigenvalue weighted by molar-refractivity contribution is -0.410. The monoisotopic (exact) mass is 509 g/mol. The van der Waals surface area contributed by atoms with E-state index >= 15 is 0 Å². The van der Waals surface area contributed by atoms with E-state index in [1.807, 2.05) is 6.92 Å². The lowest BCUT2D eigenvalue weighted by atomic mass is 9.96. The number of methoxy groups -OCH3 is 3. The fraction of sp³-hybridized carbons (Fsp3) is 0.292. The lowest BCUT2D eigenvalue weighted by Crippen LogP contribution is -2.27. The van der Waals surface area contributed by atoms with Crippen molar-refractivity contribution in [3.8, 4) is 40.5 Å². The Hall–Kier alpha value is -4.42. The highest BCUT2D eigenvalue weighted by atomic mass is 32.2. The van der Waals surface area contributed by atoms with E-state index < -0.39 is 5.25 Å². The SMILES string of the molecule is CC[C@@H](Sc1[nH+]c(N)c(C#N)c(-c2cc(OC)c(OC)c(OC)c2)c1C#N)C(=O)Nc1cc(C)on1. The van der Waals surface area contributed by atoms with Gasteiger partial charge in [0.05, 0.1) is 26.6 Å². The third-order valence-corrected chi connectivity index (χ3v) is 6.60. The fourth-order valence-electron chi connectivity index (χ4n) is 3.54. The Morgan fingerprint density at radius 1 is 1.17 bits per heavy atom. The molecule has 1 amide bonds. The average Bonchev–Trinajstić information content (AvgIpc) is 3.29. The molecule has 2 heterocycles. The van der Waals surface area contributed by atoms with Gasteiger partial charge >= 0.3 is 0 Å². The van der Waals surface area contributed by atoms with Crippen molar-refractivity contribution in [1.82, 2.24) is 5.16 Å². The van der Waals surface area contributed by atoms with Crippen LogP contribution in [0.4, 0.5) is 11.6 Å². The van der Waals surface area contributed by atoms with Crippen molar-refractivity contribution in [3.63, 3.8) is 0 Å². The predicted octanol–water partition coefficient (Wildman–Crippen LogP) is 3.32. The van der Waals surface area contributed by atoms with Crippen LogP contribution in [0.2, 0.25) is 0 Å². The number of carbonyl (C=O) groups excluding carboxylic acids is 1. The number of carbonyl (C=O) groups is 1. The van der Waals surface area contributed by atoms with E-state index in [1.54, 1.807) is 25.1 Å². The minimum Gasteiger partial charge on any atom is -0.493 e. The molecule has 3 aromatic rings. The number of aromatic amines is 1. The number of benzene rings is 1. The van der Waals surface area contributed by atoms with E-state index in [1.165, 1.54) is 21.3 Å². The van der Waals surface area contributed by atoms with Crippen LogP contribution in [0.3, 0.4) is 0 Å². The van der Waals surface area contributed by atoms with Crippen molar-refractivity contribution in [3.05, 3.63) is 35.1 Å². The molecule has 36 heavy (non-hydrogen) atoms. The number of rotatable bonds is 9. The quantitative estimate of drug-likeness (QED) is 0.408. The van der Waals surface area contributed by atoms with Crippen LogP contribution >= 0.6 is 11.8 Å². The third kappa shape index (κ3) is 5.14. The summed E-state index contributed by atoms with van der Waals surface area (Å²) in [4.78, 5) is 15.8. The van der Waals surface area contributed by atoms with E-state index in [0.29, 0.717) is 45.8 Å². The number of pyridine rings is 1. The summed E-state index contributed by atoms with van der Waals surface area (Å²) in [5, 5.41) is 26.2. The van der Waals surface area contributed by atoms with Crippen molar-refractivity contribution < 1.29 is 28.5 Å². The number of nitrogen functional groups attached to an aromatic ring is 1. The number of aromatic nitrogens is 2. The molecule has 0 aliphatic heterocycles. The minimum absolute atomic E-state index is 0.0464. The van der Waals surface area contributed by atoms with Crippen LogP contribution < -0.4 is 30.2 Å². The molecular weight excluding hydrogens is 484 g/mol. The van der Waals surface area contributed by atoms with Crippen LogP contribution in [-0.4, -0.2) is 37.6 Å². The molecule has 4 N–H and O–H groups in total. The maximum Gasteiger partial charge on any atom is 0.289 e. The molecule has 0 aliphatic carbocycles. The van der Waals surface area contributed by atoms with E-state index in [0.717, 1.165) is 11.8 Å². The van der Waals surface area contributed by atoms with Crippen LogP contribution in [0.5, 0.6) is 17.2 Å². The van der Waals surface area contributed by atoms with Gasteiger partial charge in [0.15, 0.2) is 22.3 Å². The molecule has 12 heteroatoms. The molecule has 0 aliphatic rings. The van der Waals surface area contributed by atoms with Gasteiger partial charge in [0.1, 0.15) is 29.0 Å². The first-order valence-corrected chi connectivity index (χ1v) is 11.6. The molecule has 0 bridgehead atoms. The Kier molecular flexibility index (Phi) is 8.25. The molecule has 0 fully saturated rings. The second kappa shape index (κ2) is 11.3. The van der Waals surface area contributed by atoms with E-state index in [9.17, 15) is 15.3 Å². The van der Waals surface area contributed by atoms with Crippen molar-refractivity contribution in [2.24, 2.45) is 0 Å². The van der Waals surface area contributed by atoms with Crippen LogP contribution in [0.15, 0.2) is 27.7 Å². The zero-order chi connectivity index (χ0) is 26.4. The van der Waals surface area contributed by atoms with Crippen LogP contribution in [0, 0.1) is 29.6 Å². The fourth-order valence-corrected chi connectivity index (χ4v) is 4.59. The Labute approximate surface area is 212 Å². The second-order valence-corrected chi connectivity index (χ2v) is 8.67. The van der Waals surface area contributed by atoms with Crippen LogP contribution in [0.1, 0.15) is 30.2 Å². The number of nitrogens with one attached hydrogen (secondary N) is 2. The van der Waals surface area contributed by atoms with Gasteiger partial charge in [0.25, 0.3) is 5.82 Å². The van der Waals surface area contributed by atoms with Gasteiger partial charge in [-0.2, -0.15) is 10.5 Å². The Balaban J connectivity index is 2.13. The number of amides is 1. The zero-order valence-corrected chi connectivity index (χ0v) is 21.2. The highest BCUT2D eigenvalue weighted by Crippen LogP contribution is 2.44. The largest absolute Gasteiger partial charge is 0.493 e. The number of aryl methyl sites for hydroxylation is 1. The molecule has 0 saturated heterocycles. The number of hydrogen-bond donors (Lipinski definition) is 2. The maximum atomic E-state index is 12.9. The van der Waals surface area contributed by atoms with Crippen molar-refractivity contribution in [2.45, 2.75) is 30.5 Å². The highest BCUT2D eigenvalue weighted by Gasteiger charge is 2.29. The van der Waals surface area contributed by atoms with Crippen molar-refractivity contribution >= 4 is 29.3 Å². The summed E-state index contributed by atoms with van der Waals surface area (Å²) in [6, 6.07) is 9.08. The molecule has 11 nitrogen and oxygen atoms in total. The van der Waals surface area contributed by atoms with Gasteiger partial charge in [-0.25, -0.2) is 4.98 Å². The zero-order valence-electron chi connectivity index (χ0n) is 20.4. The van der Waals surface area contributed by atoms with Crippen molar-refractivity contribution in [2.75, 3.05) is 32.4 Å². The average molecular weight is 510 g/mol. The minimum atomic E-state index is -0.606. The number of H-pyrrole nitrogens is 1. The standard InChI is InChI=1S/C24H24N6O5S/c1-6-18(23(31)28-19-7-12(2)35-30-19)36-24-15(11-26)20(14(10-25)22(27)29-24)13-8-16(32-3)21(34-5)17(9-13)33-4/h7-9,18H,6H2,1-5H3,(H2,27,29)(H,28,30,31)/p+1/t18-/m1/s1. The molecule has 0 spiro atoms. The van der Waals surface area contributed by atoms with E-state index in [4.69, 9.17) is 24.5 Å². The first-order valence-electron chi connectivity index (χ1n) is 10.7. The summed E-state index contributed by atoms with van der Waals surface area (Å²) in [7, 11) is 4.40. The van der Waals surface area contributed by atoms with Crippen LogP contribution in [0.25, 0.3) is 11.1 Å². The summed E-state index contributed by atoms with van der Waals surface area (Å²) in [6.07, 6.45) is 0.436. The molecule has 1 aromatic carbocycles. The number of hydrogen-bond acceptors (Lipinski definition) is 10. The number of anilines is 2. The molecule has 3 rings (SSSR count). The van der Waals surface area contributed by atoms with Gasteiger partial charge in [-0.15, -0.1) is 0 Å². The maximum absolute atomic E-state index is 12.9. The third-order valence-electron chi connectivity index (χ3n) is 5.22. The van der Waals surface area contributed by atoms with E-state index in [2.05, 4.69) is 27.6 Å². The first kappa shape index (κ1) is 26.2. The Morgan fingerprint density at radius 3 is 2.28 bits per heavy atom. The second-order valence-electron chi connectivity index (χ2n) is 7.46. The number of nitriles is 2. The van der Waals surface area contributed by atoms with Gasteiger partial charge < -0.3 is 24.1 Å². The van der Waals surface area contributed by atoms with E-state index in [-0.39, 0.29) is 28.4 Å². The van der Waals surface area contributed by atoms with Gasteiger partial charge in [-0.3, -0.25) is 10.5 Å². The first-order chi connectivity index (χ1) is 17.3. The summed E-state index contributed by atoms with van der Waals surface area (Å²) < 4.78 is 21.3. The van der Waals surface area contributed by atoms with Gasteiger partial charge in [-0.1, -0.05) is 23.8 Å². The number of ether oxygens (including phenoxy) is 3. The van der Waals surface area contributed by atoms with Crippen molar-refractivity contribution in [1.29, 1.82) is 10.5 Å². The Bertz CT molecular complexity index is 1350. The molecule has 0 radical (unpaired) electrons. The summed E-state index contributed by atoms with van der Waals surface area (Å²) in [6.45, 7) is 3.55. The number of nitrogens with zero attached hydrogens (tertiary/aromatic N) is 3. The Morgan fingerprint density at radius 2 is 1.81 bits per heavy atom. The number of thioether (sulfide) groups is 1. The molecule has 186 valence electrons. The molecule has 0 saturated carbocycles. The summed E-state index contributed by atoms with van der Waals surface area (Å²) >= 11 is 1.12. The lowest BCUT2D eigenvalue weighted by Gasteiger charge is -2.17. The van der Waals surface area contributed by atoms with Crippen LogP contribution in [-0.2, 0) is 4.79 Å². The predicted molar refractivity (Wildman–Crippen MR) is 132 cm³/mol. The normalized spacial score (nSPS) is 11.2. The van der Waals surface area contributed by atoms with Gasteiger partial charge in [0.2, 0.25) is 11.7 Å². The molecule has 0 unspecified atom stereocenters. The van der Waals surface area contributed by atoms with Gasteiger partial charge in [-0.05, 0) is 31.0 Å². The highest BCUT2D eigenvalue weighted by molar-refractivity contribution is 8.00.